The van der Waals surface area contributed by atoms with Gasteiger partial charge in [-0.25, -0.2) is 0 Å². The van der Waals surface area contributed by atoms with Crippen LogP contribution in [0.3, 0.4) is 0 Å². The van der Waals surface area contributed by atoms with Gasteiger partial charge in [-0.2, -0.15) is 0 Å². The van der Waals surface area contributed by atoms with Crippen molar-refractivity contribution in [1.29, 1.82) is 0 Å². The molecule has 1 amide bonds. The molecule has 0 bridgehead atoms. The van der Waals surface area contributed by atoms with Gasteiger partial charge in [0.15, 0.2) is 5.79 Å². The predicted molar refractivity (Wildman–Crippen MR) is 70.8 cm³/mol. The molecule has 1 N–H and O–H groups in total. The molecule has 1 heterocycles. The maximum atomic E-state index is 12.1. The summed E-state index contributed by atoms with van der Waals surface area (Å²) in [6, 6.07) is 9.57. The first-order valence-electron chi connectivity index (χ1n) is 6.91. The SMILES string of the molecule is O=C(NC1CCC2(CC1)OCCO2)c1ccccc1. The molecule has 1 aliphatic heterocycles. The van der Waals surface area contributed by atoms with Crippen LogP contribution in [-0.2, 0) is 9.47 Å². The van der Waals surface area contributed by atoms with Gasteiger partial charge in [0.05, 0.1) is 13.2 Å². The molecule has 1 saturated heterocycles. The third-order valence-corrected chi connectivity index (χ3v) is 3.93. The molecule has 1 spiro atoms. The Hall–Kier alpha value is -1.39. The molecule has 2 aliphatic rings. The third kappa shape index (κ3) is 2.80. The lowest BCUT2D eigenvalue weighted by atomic mass is 9.90. The highest BCUT2D eigenvalue weighted by molar-refractivity contribution is 5.94. The number of carbonyl (C=O) groups is 1. The Morgan fingerprint density at radius 2 is 1.74 bits per heavy atom. The van der Waals surface area contributed by atoms with E-state index in [-0.39, 0.29) is 17.7 Å². The maximum Gasteiger partial charge on any atom is 0.251 e. The summed E-state index contributed by atoms with van der Waals surface area (Å²) in [5, 5.41) is 3.09. The quantitative estimate of drug-likeness (QED) is 0.887. The van der Waals surface area contributed by atoms with E-state index < -0.39 is 0 Å². The summed E-state index contributed by atoms with van der Waals surface area (Å²) >= 11 is 0. The van der Waals surface area contributed by atoms with Crippen LogP contribution in [0.2, 0.25) is 0 Å². The Bertz CT molecular complexity index is 430. The molecule has 0 unspecified atom stereocenters. The third-order valence-electron chi connectivity index (χ3n) is 3.93. The van der Waals surface area contributed by atoms with Gasteiger partial charge in [0.1, 0.15) is 0 Å². The van der Waals surface area contributed by atoms with E-state index in [0.717, 1.165) is 31.2 Å². The van der Waals surface area contributed by atoms with Crippen LogP contribution in [0, 0.1) is 0 Å². The summed E-state index contributed by atoms with van der Waals surface area (Å²) < 4.78 is 11.4. The lowest BCUT2D eigenvalue weighted by molar-refractivity contribution is -0.179. The molecule has 0 aromatic heterocycles. The number of carbonyl (C=O) groups excluding carboxylic acids is 1. The zero-order valence-electron chi connectivity index (χ0n) is 10.9. The van der Waals surface area contributed by atoms with Gasteiger partial charge < -0.3 is 14.8 Å². The van der Waals surface area contributed by atoms with Crippen molar-refractivity contribution in [1.82, 2.24) is 5.32 Å². The molecule has 4 nitrogen and oxygen atoms in total. The lowest BCUT2D eigenvalue weighted by Crippen LogP contribution is -2.44. The predicted octanol–water partition coefficient (Wildman–Crippen LogP) is 2.10. The highest BCUT2D eigenvalue weighted by Gasteiger charge is 2.40. The maximum absolute atomic E-state index is 12.1. The number of hydrogen-bond acceptors (Lipinski definition) is 3. The Morgan fingerprint density at radius 1 is 1.11 bits per heavy atom. The summed E-state index contributed by atoms with van der Waals surface area (Å²) in [7, 11) is 0. The van der Waals surface area contributed by atoms with Gasteiger partial charge in [-0.15, -0.1) is 0 Å². The number of benzene rings is 1. The highest BCUT2D eigenvalue weighted by atomic mass is 16.7. The van der Waals surface area contributed by atoms with Gasteiger partial charge in [-0.3, -0.25) is 4.79 Å². The van der Waals surface area contributed by atoms with Crippen LogP contribution in [0.5, 0.6) is 0 Å². The summed E-state index contributed by atoms with van der Waals surface area (Å²) in [4.78, 5) is 12.1. The van der Waals surface area contributed by atoms with Crippen LogP contribution < -0.4 is 5.32 Å². The van der Waals surface area contributed by atoms with Crippen molar-refractivity contribution in [3.8, 4) is 0 Å². The van der Waals surface area contributed by atoms with Crippen LogP contribution in [0.4, 0.5) is 0 Å². The first kappa shape index (κ1) is 12.6. The number of rotatable bonds is 2. The topological polar surface area (TPSA) is 47.6 Å². The zero-order valence-corrected chi connectivity index (χ0v) is 10.9. The molecule has 1 saturated carbocycles. The average molecular weight is 261 g/mol. The van der Waals surface area contributed by atoms with Crippen LogP contribution in [-0.4, -0.2) is 30.9 Å². The Labute approximate surface area is 113 Å². The van der Waals surface area contributed by atoms with Crippen molar-refractivity contribution in [2.45, 2.75) is 37.5 Å². The molecular formula is C15H19NO3. The van der Waals surface area contributed by atoms with E-state index in [1.165, 1.54) is 0 Å². The normalized spacial score (nSPS) is 22.5. The van der Waals surface area contributed by atoms with Crippen molar-refractivity contribution in [3.05, 3.63) is 35.9 Å². The van der Waals surface area contributed by atoms with Crippen LogP contribution in [0.1, 0.15) is 36.0 Å². The van der Waals surface area contributed by atoms with Crippen LogP contribution in [0.15, 0.2) is 30.3 Å². The molecule has 0 atom stereocenters. The average Bonchev–Trinajstić information content (AvgIpc) is 2.91. The van der Waals surface area contributed by atoms with Gasteiger partial charge in [0, 0.05) is 24.4 Å². The number of nitrogens with one attached hydrogen (secondary N) is 1. The van der Waals surface area contributed by atoms with Crippen LogP contribution in [0.25, 0.3) is 0 Å². The second kappa shape index (κ2) is 5.31. The van der Waals surface area contributed by atoms with E-state index in [1.54, 1.807) is 0 Å². The fourth-order valence-corrected chi connectivity index (χ4v) is 2.85. The van der Waals surface area contributed by atoms with E-state index in [2.05, 4.69) is 5.32 Å². The van der Waals surface area contributed by atoms with Crippen molar-refractivity contribution >= 4 is 5.91 Å². The fraction of sp³-hybridized carbons (Fsp3) is 0.533. The van der Waals surface area contributed by atoms with Crippen molar-refractivity contribution in [2.24, 2.45) is 0 Å². The van der Waals surface area contributed by atoms with Crippen molar-refractivity contribution in [2.75, 3.05) is 13.2 Å². The van der Waals surface area contributed by atoms with Gasteiger partial charge in [0.25, 0.3) is 5.91 Å². The molecule has 102 valence electrons. The van der Waals surface area contributed by atoms with Gasteiger partial charge in [0.2, 0.25) is 0 Å². The smallest absolute Gasteiger partial charge is 0.251 e. The van der Waals surface area contributed by atoms with E-state index in [1.807, 2.05) is 30.3 Å². The summed E-state index contributed by atoms with van der Waals surface area (Å²) in [5.74, 6) is -0.344. The van der Waals surface area contributed by atoms with Gasteiger partial charge in [-0.05, 0) is 25.0 Å². The first-order chi connectivity index (χ1) is 9.27. The highest BCUT2D eigenvalue weighted by Crippen LogP contribution is 2.35. The molecular weight excluding hydrogens is 242 g/mol. The summed E-state index contributed by atoms with van der Waals surface area (Å²) in [6.07, 6.45) is 3.57. The second-order valence-corrected chi connectivity index (χ2v) is 5.22. The van der Waals surface area contributed by atoms with E-state index in [0.29, 0.717) is 13.2 Å². The number of hydrogen-bond donors (Lipinski definition) is 1. The van der Waals surface area contributed by atoms with E-state index in [4.69, 9.17) is 9.47 Å². The largest absolute Gasteiger partial charge is 0.349 e. The van der Waals surface area contributed by atoms with Crippen molar-refractivity contribution < 1.29 is 14.3 Å². The van der Waals surface area contributed by atoms with E-state index >= 15 is 0 Å². The van der Waals surface area contributed by atoms with Crippen LogP contribution >= 0.6 is 0 Å². The minimum absolute atomic E-state index is 0.00908. The Kier molecular flexibility index (Phi) is 3.53. The summed E-state index contributed by atoms with van der Waals surface area (Å²) in [6.45, 7) is 1.39. The number of ether oxygens (including phenoxy) is 2. The fourth-order valence-electron chi connectivity index (χ4n) is 2.85. The molecule has 1 aromatic rings. The first-order valence-corrected chi connectivity index (χ1v) is 6.91. The zero-order chi connectivity index (χ0) is 13.1. The van der Waals surface area contributed by atoms with E-state index in [9.17, 15) is 4.79 Å². The number of amides is 1. The van der Waals surface area contributed by atoms with Gasteiger partial charge in [-0.1, -0.05) is 18.2 Å². The molecule has 19 heavy (non-hydrogen) atoms. The second-order valence-electron chi connectivity index (χ2n) is 5.22. The monoisotopic (exact) mass is 261 g/mol. The minimum Gasteiger partial charge on any atom is -0.349 e. The lowest BCUT2D eigenvalue weighted by Gasteiger charge is -2.35. The molecule has 3 rings (SSSR count). The Balaban J connectivity index is 1.53. The Morgan fingerprint density at radius 3 is 2.37 bits per heavy atom. The van der Waals surface area contributed by atoms with Gasteiger partial charge >= 0.3 is 0 Å². The van der Waals surface area contributed by atoms with Crippen molar-refractivity contribution in [3.63, 3.8) is 0 Å². The molecule has 0 radical (unpaired) electrons. The molecule has 4 heteroatoms. The minimum atomic E-state index is -0.353. The standard InChI is InChI=1S/C15H19NO3/c17-14(12-4-2-1-3-5-12)16-13-6-8-15(9-7-13)18-10-11-19-15/h1-5,13H,6-11H2,(H,16,17). The molecule has 1 aliphatic carbocycles. The molecule has 1 aromatic carbocycles. The molecule has 2 fully saturated rings. The summed E-state index contributed by atoms with van der Waals surface area (Å²) in [5.41, 5.74) is 0.719.